The molecule has 0 radical (unpaired) electrons. The maximum absolute atomic E-state index is 13.7. The first kappa shape index (κ1) is 16.2. The van der Waals surface area contributed by atoms with E-state index < -0.39 is 30.0 Å². The van der Waals surface area contributed by atoms with Crippen LogP contribution in [-0.4, -0.2) is 35.2 Å². The number of carboxylic acid groups (broad SMARTS) is 1. The number of carbonyl (C=O) groups excluding carboxylic acids is 2. The first-order valence-corrected chi connectivity index (χ1v) is 6.69. The van der Waals surface area contributed by atoms with Crippen LogP contribution in [0.4, 0.5) is 4.39 Å². The van der Waals surface area contributed by atoms with Gasteiger partial charge in [0.05, 0.1) is 0 Å². The van der Waals surface area contributed by atoms with Crippen LogP contribution < -0.4 is 0 Å². The van der Waals surface area contributed by atoms with Crippen molar-refractivity contribution in [2.75, 3.05) is 12.4 Å². The Morgan fingerprint density at radius 1 is 1.35 bits per heavy atom. The molecule has 0 amide bonds. The molecule has 0 aromatic heterocycles. The number of ketones is 1. The number of carbonyl (C=O) groups is 3. The van der Waals surface area contributed by atoms with Crippen molar-refractivity contribution in [3.05, 3.63) is 29.6 Å². The van der Waals surface area contributed by atoms with E-state index in [9.17, 15) is 18.8 Å². The number of Topliss-reactive ketones (excluding diaryl/α,β-unsaturated/α-hetero) is 1. The standard InChI is InChI=1S/C13H13FO5S/c1-8(15)19-4-5-20-12-3-2-9(6-10(12)14)11(16)7-13(17)18/h2-3,6H,4-5,7H2,1H3,(H,17,18). The minimum absolute atomic E-state index is 0.0224. The van der Waals surface area contributed by atoms with Gasteiger partial charge in [0.25, 0.3) is 0 Å². The van der Waals surface area contributed by atoms with Gasteiger partial charge in [0.15, 0.2) is 5.78 Å². The Kier molecular flexibility index (Phi) is 6.17. The van der Waals surface area contributed by atoms with Crippen LogP contribution in [-0.2, 0) is 14.3 Å². The Balaban J connectivity index is 2.61. The number of ether oxygens (including phenoxy) is 1. The van der Waals surface area contributed by atoms with Gasteiger partial charge in [-0.2, -0.15) is 0 Å². The highest BCUT2D eigenvalue weighted by Crippen LogP contribution is 2.23. The van der Waals surface area contributed by atoms with Crippen molar-refractivity contribution in [2.24, 2.45) is 0 Å². The van der Waals surface area contributed by atoms with E-state index in [0.717, 1.165) is 17.8 Å². The number of hydrogen-bond donors (Lipinski definition) is 1. The Morgan fingerprint density at radius 2 is 2.05 bits per heavy atom. The molecule has 5 nitrogen and oxygen atoms in total. The third-order valence-electron chi connectivity index (χ3n) is 2.21. The van der Waals surface area contributed by atoms with Crippen molar-refractivity contribution in [3.63, 3.8) is 0 Å². The highest BCUT2D eigenvalue weighted by molar-refractivity contribution is 7.99. The van der Waals surface area contributed by atoms with Gasteiger partial charge >= 0.3 is 11.9 Å². The zero-order valence-corrected chi connectivity index (χ0v) is 11.5. The van der Waals surface area contributed by atoms with Crippen LogP contribution in [0.3, 0.4) is 0 Å². The molecule has 1 aromatic carbocycles. The zero-order valence-electron chi connectivity index (χ0n) is 10.7. The van der Waals surface area contributed by atoms with Crippen molar-refractivity contribution >= 4 is 29.5 Å². The Morgan fingerprint density at radius 3 is 2.60 bits per heavy atom. The van der Waals surface area contributed by atoms with Gasteiger partial charge in [0, 0.05) is 23.1 Å². The molecule has 0 aliphatic rings. The largest absolute Gasteiger partial charge is 0.481 e. The van der Waals surface area contributed by atoms with Gasteiger partial charge in [-0.3, -0.25) is 14.4 Å². The van der Waals surface area contributed by atoms with Crippen molar-refractivity contribution in [1.29, 1.82) is 0 Å². The van der Waals surface area contributed by atoms with Gasteiger partial charge in [-0.25, -0.2) is 4.39 Å². The summed E-state index contributed by atoms with van der Waals surface area (Å²) in [6.45, 7) is 1.45. The molecule has 108 valence electrons. The van der Waals surface area contributed by atoms with Crippen LogP contribution in [0.15, 0.2) is 23.1 Å². The zero-order chi connectivity index (χ0) is 15.1. The predicted octanol–water partition coefficient (Wildman–Crippen LogP) is 2.14. The third-order valence-corrected chi connectivity index (χ3v) is 3.22. The molecule has 0 heterocycles. The van der Waals surface area contributed by atoms with Gasteiger partial charge in [0.2, 0.25) is 0 Å². The molecule has 0 saturated carbocycles. The molecular formula is C13H13FO5S. The summed E-state index contributed by atoms with van der Waals surface area (Å²) in [5.41, 5.74) is 0.0224. The molecule has 0 spiro atoms. The summed E-state index contributed by atoms with van der Waals surface area (Å²) in [5, 5.41) is 8.50. The Bertz CT molecular complexity index is 529. The molecule has 1 rings (SSSR count). The molecular weight excluding hydrogens is 287 g/mol. The van der Waals surface area contributed by atoms with Gasteiger partial charge in [-0.1, -0.05) is 6.07 Å². The highest BCUT2D eigenvalue weighted by Gasteiger charge is 2.13. The maximum Gasteiger partial charge on any atom is 0.311 e. The summed E-state index contributed by atoms with van der Waals surface area (Å²) in [6, 6.07) is 3.80. The van der Waals surface area contributed by atoms with E-state index in [1.807, 2.05) is 0 Å². The quantitative estimate of drug-likeness (QED) is 0.273. The normalized spacial score (nSPS) is 10.1. The van der Waals surface area contributed by atoms with E-state index in [4.69, 9.17) is 9.84 Å². The monoisotopic (exact) mass is 300 g/mol. The molecule has 0 atom stereocenters. The Labute approximate surface area is 119 Å². The smallest absolute Gasteiger partial charge is 0.311 e. The molecule has 0 saturated heterocycles. The van der Waals surface area contributed by atoms with E-state index in [2.05, 4.69) is 0 Å². The number of rotatable bonds is 7. The first-order chi connectivity index (χ1) is 9.40. The summed E-state index contributed by atoms with van der Waals surface area (Å²) in [5.74, 6) is -2.52. The number of aliphatic carboxylic acids is 1. The van der Waals surface area contributed by atoms with Crippen LogP contribution in [0.25, 0.3) is 0 Å². The number of esters is 1. The van der Waals surface area contributed by atoms with Crippen LogP contribution >= 0.6 is 11.8 Å². The van der Waals surface area contributed by atoms with E-state index in [-0.39, 0.29) is 12.2 Å². The summed E-state index contributed by atoms with van der Waals surface area (Å²) in [6.07, 6.45) is -0.668. The second-order valence-corrected chi connectivity index (χ2v) is 4.96. The first-order valence-electron chi connectivity index (χ1n) is 5.71. The summed E-state index contributed by atoms with van der Waals surface area (Å²) in [7, 11) is 0. The maximum atomic E-state index is 13.7. The fraction of sp³-hybridized carbons (Fsp3) is 0.308. The summed E-state index contributed by atoms with van der Waals surface area (Å²) >= 11 is 1.14. The van der Waals surface area contributed by atoms with Crippen LogP contribution in [0.1, 0.15) is 23.7 Å². The van der Waals surface area contributed by atoms with Crippen molar-refractivity contribution < 1.29 is 28.6 Å². The average Bonchev–Trinajstić information content (AvgIpc) is 2.34. The molecule has 20 heavy (non-hydrogen) atoms. The van der Waals surface area contributed by atoms with Crippen molar-refractivity contribution in [3.8, 4) is 0 Å². The molecule has 0 unspecified atom stereocenters. The van der Waals surface area contributed by atoms with E-state index >= 15 is 0 Å². The second-order valence-electron chi connectivity index (χ2n) is 3.83. The van der Waals surface area contributed by atoms with E-state index in [1.165, 1.54) is 19.1 Å². The number of benzene rings is 1. The van der Waals surface area contributed by atoms with E-state index in [1.54, 1.807) is 0 Å². The van der Waals surface area contributed by atoms with Crippen molar-refractivity contribution in [1.82, 2.24) is 0 Å². The molecule has 0 bridgehead atoms. The summed E-state index contributed by atoms with van der Waals surface area (Å²) in [4.78, 5) is 32.7. The van der Waals surface area contributed by atoms with Gasteiger partial charge in [-0.05, 0) is 12.1 Å². The van der Waals surface area contributed by atoms with Crippen LogP contribution in [0, 0.1) is 5.82 Å². The number of hydrogen-bond acceptors (Lipinski definition) is 5. The van der Waals surface area contributed by atoms with Crippen LogP contribution in [0.5, 0.6) is 0 Å². The number of thioether (sulfide) groups is 1. The number of halogens is 1. The van der Waals surface area contributed by atoms with E-state index in [0.29, 0.717) is 10.6 Å². The second kappa shape index (κ2) is 7.64. The predicted molar refractivity (Wildman–Crippen MR) is 70.3 cm³/mol. The third kappa shape index (κ3) is 5.40. The molecule has 0 aliphatic heterocycles. The topological polar surface area (TPSA) is 80.7 Å². The fourth-order valence-electron chi connectivity index (χ4n) is 1.37. The lowest BCUT2D eigenvalue weighted by Gasteiger charge is -2.05. The minimum Gasteiger partial charge on any atom is -0.481 e. The van der Waals surface area contributed by atoms with Crippen molar-refractivity contribution in [2.45, 2.75) is 18.2 Å². The van der Waals surface area contributed by atoms with Crippen LogP contribution in [0.2, 0.25) is 0 Å². The lowest BCUT2D eigenvalue weighted by molar-refractivity contribution is -0.140. The molecule has 1 aromatic rings. The molecule has 0 fully saturated rings. The lowest BCUT2D eigenvalue weighted by atomic mass is 10.1. The highest BCUT2D eigenvalue weighted by atomic mass is 32.2. The fourth-order valence-corrected chi connectivity index (χ4v) is 2.12. The summed E-state index contributed by atoms with van der Waals surface area (Å²) < 4.78 is 18.4. The molecule has 0 aliphatic carbocycles. The Hall–Kier alpha value is -1.89. The lowest BCUT2D eigenvalue weighted by Crippen LogP contribution is -2.07. The SMILES string of the molecule is CC(=O)OCCSc1ccc(C(=O)CC(=O)O)cc1F. The van der Waals surface area contributed by atoms with Gasteiger partial charge in [-0.15, -0.1) is 11.8 Å². The van der Waals surface area contributed by atoms with Gasteiger partial charge in [0.1, 0.15) is 18.8 Å². The average molecular weight is 300 g/mol. The number of carboxylic acids is 1. The molecule has 1 N–H and O–H groups in total. The molecule has 7 heteroatoms. The minimum atomic E-state index is -1.25. The van der Waals surface area contributed by atoms with Gasteiger partial charge < -0.3 is 9.84 Å².